The van der Waals surface area contributed by atoms with Crippen LogP contribution in [0.5, 0.6) is 0 Å². The molecule has 122 valence electrons. The molecule has 1 aliphatic rings. The van der Waals surface area contributed by atoms with E-state index in [2.05, 4.69) is 25.2 Å². The molecule has 1 fully saturated rings. The number of aromatic nitrogens is 3. The lowest BCUT2D eigenvalue weighted by atomic mass is 10.2. The van der Waals surface area contributed by atoms with E-state index in [1.54, 1.807) is 6.07 Å². The maximum atomic E-state index is 12.1. The minimum Gasteiger partial charge on any atom is -0.378 e. The number of nitrogens with zero attached hydrogens (tertiary/aromatic N) is 5. The zero-order valence-corrected chi connectivity index (χ0v) is 13.0. The average Bonchev–Trinajstić information content (AvgIpc) is 2.67. The molecule has 1 amide bonds. The highest BCUT2D eigenvalue weighted by atomic mass is 16.5. The third-order valence-electron chi connectivity index (χ3n) is 3.61. The van der Waals surface area contributed by atoms with Crippen LogP contribution in [-0.4, -0.2) is 47.2 Å². The molecule has 1 N–H and O–H groups in total. The summed E-state index contributed by atoms with van der Waals surface area (Å²) < 4.78 is 5.33. The van der Waals surface area contributed by atoms with Crippen molar-refractivity contribution in [3.05, 3.63) is 47.7 Å². The smallest absolute Gasteiger partial charge is 0.253 e. The van der Waals surface area contributed by atoms with E-state index in [1.807, 2.05) is 12.1 Å². The monoisotopic (exact) mass is 324 g/mol. The molecule has 2 aromatic heterocycles. The van der Waals surface area contributed by atoms with Gasteiger partial charge in [0.1, 0.15) is 23.9 Å². The van der Waals surface area contributed by atoms with Gasteiger partial charge in [0, 0.05) is 25.4 Å². The topological polar surface area (TPSA) is 104 Å². The molecule has 2 aromatic rings. The van der Waals surface area contributed by atoms with Gasteiger partial charge in [-0.15, -0.1) is 0 Å². The Morgan fingerprint density at radius 2 is 2.12 bits per heavy atom. The van der Waals surface area contributed by atoms with Crippen LogP contribution in [0.1, 0.15) is 21.7 Å². The SMILES string of the molecule is N#Cc1ccc(C(=O)NCc2cc(N3CCOCC3)ncn2)cn1. The van der Waals surface area contributed by atoms with Crippen molar-refractivity contribution in [2.45, 2.75) is 6.54 Å². The second kappa shape index (κ2) is 7.48. The summed E-state index contributed by atoms with van der Waals surface area (Å²) in [4.78, 5) is 26.6. The number of carbonyl (C=O) groups is 1. The van der Waals surface area contributed by atoms with Crippen molar-refractivity contribution in [1.82, 2.24) is 20.3 Å². The highest BCUT2D eigenvalue weighted by Gasteiger charge is 2.13. The summed E-state index contributed by atoms with van der Waals surface area (Å²) in [6.07, 6.45) is 2.88. The van der Waals surface area contributed by atoms with Crippen LogP contribution in [0.3, 0.4) is 0 Å². The Balaban J connectivity index is 1.61. The highest BCUT2D eigenvalue weighted by molar-refractivity contribution is 5.93. The largest absolute Gasteiger partial charge is 0.378 e. The molecule has 1 saturated heterocycles. The van der Waals surface area contributed by atoms with E-state index < -0.39 is 0 Å². The van der Waals surface area contributed by atoms with E-state index in [0.717, 1.165) is 24.6 Å². The molecule has 3 rings (SSSR count). The number of hydrogen-bond acceptors (Lipinski definition) is 7. The number of rotatable bonds is 4. The predicted molar refractivity (Wildman–Crippen MR) is 85.2 cm³/mol. The summed E-state index contributed by atoms with van der Waals surface area (Å²) in [6.45, 7) is 3.24. The standard InChI is InChI=1S/C16H16N6O2/c17-8-13-2-1-12(9-18-13)16(23)19-10-14-7-15(21-11-20-14)22-3-5-24-6-4-22/h1-2,7,9,11H,3-6,10H2,(H,19,23). The highest BCUT2D eigenvalue weighted by Crippen LogP contribution is 2.12. The number of ether oxygens (including phenoxy) is 1. The van der Waals surface area contributed by atoms with Gasteiger partial charge >= 0.3 is 0 Å². The first kappa shape index (κ1) is 15.8. The number of morpholine rings is 1. The minimum atomic E-state index is -0.265. The van der Waals surface area contributed by atoms with Crippen LogP contribution < -0.4 is 10.2 Å². The number of nitrogens with one attached hydrogen (secondary N) is 1. The molecule has 0 saturated carbocycles. The number of anilines is 1. The lowest BCUT2D eigenvalue weighted by molar-refractivity contribution is 0.0950. The molecule has 0 spiro atoms. The Morgan fingerprint density at radius 1 is 1.29 bits per heavy atom. The van der Waals surface area contributed by atoms with Gasteiger partial charge < -0.3 is 15.0 Å². The molecule has 24 heavy (non-hydrogen) atoms. The van der Waals surface area contributed by atoms with Crippen LogP contribution in [0, 0.1) is 11.3 Å². The van der Waals surface area contributed by atoms with Crippen LogP contribution in [0.4, 0.5) is 5.82 Å². The summed E-state index contributed by atoms with van der Waals surface area (Å²) >= 11 is 0. The Labute approximate surface area is 139 Å². The van der Waals surface area contributed by atoms with Gasteiger partial charge in [-0.05, 0) is 12.1 Å². The Bertz CT molecular complexity index is 750. The maximum absolute atomic E-state index is 12.1. The van der Waals surface area contributed by atoms with Gasteiger partial charge in [0.05, 0.1) is 31.0 Å². The Morgan fingerprint density at radius 3 is 2.83 bits per heavy atom. The zero-order chi connectivity index (χ0) is 16.8. The van der Waals surface area contributed by atoms with Gasteiger partial charge in [-0.2, -0.15) is 5.26 Å². The van der Waals surface area contributed by atoms with E-state index >= 15 is 0 Å². The summed E-state index contributed by atoms with van der Waals surface area (Å²) in [5.74, 6) is 0.566. The molecule has 0 atom stereocenters. The molecule has 1 aliphatic heterocycles. The van der Waals surface area contributed by atoms with E-state index in [-0.39, 0.29) is 11.6 Å². The molecular formula is C16H16N6O2. The van der Waals surface area contributed by atoms with Crippen molar-refractivity contribution in [3.63, 3.8) is 0 Å². The van der Waals surface area contributed by atoms with Crippen molar-refractivity contribution in [2.75, 3.05) is 31.2 Å². The van der Waals surface area contributed by atoms with Gasteiger partial charge in [-0.3, -0.25) is 4.79 Å². The summed E-state index contributed by atoms with van der Waals surface area (Å²) in [7, 11) is 0. The van der Waals surface area contributed by atoms with Crippen LogP contribution in [0.25, 0.3) is 0 Å². The molecule has 3 heterocycles. The lowest BCUT2D eigenvalue weighted by Crippen LogP contribution is -2.37. The third kappa shape index (κ3) is 3.83. The number of hydrogen-bond donors (Lipinski definition) is 1. The number of pyridine rings is 1. The molecule has 0 aliphatic carbocycles. The van der Waals surface area contributed by atoms with Gasteiger partial charge in [-0.25, -0.2) is 15.0 Å². The van der Waals surface area contributed by atoms with Crippen molar-refractivity contribution >= 4 is 11.7 Å². The number of amides is 1. The second-order valence-corrected chi connectivity index (χ2v) is 5.19. The Kier molecular flexibility index (Phi) is 4.93. The number of carbonyl (C=O) groups excluding carboxylic acids is 1. The van der Waals surface area contributed by atoms with Gasteiger partial charge in [0.15, 0.2) is 0 Å². The molecule has 8 nitrogen and oxygen atoms in total. The number of nitriles is 1. The molecular weight excluding hydrogens is 308 g/mol. The first-order valence-corrected chi connectivity index (χ1v) is 7.54. The Hall–Kier alpha value is -3.05. The van der Waals surface area contributed by atoms with Gasteiger partial charge in [0.2, 0.25) is 0 Å². The molecule has 0 unspecified atom stereocenters. The summed E-state index contributed by atoms with van der Waals surface area (Å²) in [6, 6.07) is 6.86. The fourth-order valence-corrected chi connectivity index (χ4v) is 2.32. The zero-order valence-electron chi connectivity index (χ0n) is 13.0. The quantitative estimate of drug-likeness (QED) is 0.873. The van der Waals surface area contributed by atoms with Crippen LogP contribution >= 0.6 is 0 Å². The predicted octanol–water partition coefficient (Wildman–Crippen LogP) is 0.510. The van der Waals surface area contributed by atoms with E-state index in [9.17, 15) is 4.79 Å². The second-order valence-electron chi connectivity index (χ2n) is 5.19. The third-order valence-corrected chi connectivity index (χ3v) is 3.61. The molecule has 0 aromatic carbocycles. The average molecular weight is 324 g/mol. The van der Waals surface area contributed by atoms with Crippen LogP contribution in [-0.2, 0) is 11.3 Å². The first-order valence-electron chi connectivity index (χ1n) is 7.54. The van der Waals surface area contributed by atoms with Crippen molar-refractivity contribution in [1.29, 1.82) is 5.26 Å². The van der Waals surface area contributed by atoms with Gasteiger partial charge in [0.25, 0.3) is 5.91 Å². The summed E-state index contributed by atoms with van der Waals surface area (Å²) in [5.41, 5.74) is 1.40. The fraction of sp³-hybridized carbons (Fsp3) is 0.312. The molecule has 8 heteroatoms. The molecule has 0 radical (unpaired) electrons. The van der Waals surface area contributed by atoms with E-state index in [0.29, 0.717) is 25.3 Å². The van der Waals surface area contributed by atoms with Crippen LogP contribution in [0.15, 0.2) is 30.7 Å². The van der Waals surface area contributed by atoms with Crippen molar-refractivity contribution < 1.29 is 9.53 Å². The van der Waals surface area contributed by atoms with E-state index in [1.165, 1.54) is 18.6 Å². The maximum Gasteiger partial charge on any atom is 0.253 e. The molecule has 0 bridgehead atoms. The summed E-state index contributed by atoms with van der Waals surface area (Å²) in [5, 5.41) is 11.5. The fourth-order valence-electron chi connectivity index (χ4n) is 2.32. The van der Waals surface area contributed by atoms with Crippen molar-refractivity contribution in [3.8, 4) is 6.07 Å². The first-order chi connectivity index (χ1) is 11.8. The van der Waals surface area contributed by atoms with E-state index in [4.69, 9.17) is 10.00 Å². The minimum absolute atomic E-state index is 0.265. The van der Waals surface area contributed by atoms with Gasteiger partial charge in [-0.1, -0.05) is 0 Å². The van der Waals surface area contributed by atoms with Crippen LogP contribution in [0.2, 0.25) is 0 Å². The lowest BCUT2D eigenvalue weighted by Gasteiger charge is -2.27. The van der Waals surface area contributed by atoms with Crippen molar-refractivity contribution in [2.24, 2.45) is 0 Å². The normalized spacial score (nSPS) is 14.0.